The number of esters is 2. The minimum atomic E-state index is -0.0977. The molecule has 0 heterocycles. The monoisotopic (exact) mass is 469 g/mol. The second-order valence-corrected chi connectivity index (χ2v) is 9.87. The maximum atomic E-state index is 12.3. The van der Waals surface area contributed by atoms with E-state index in [4.69, 9.17) is 4.74 Å². The lowest BCUT2D eigenvalue weighted by Gasteiger charge is -2.18. The Kier molecular flexibility index (Phi) is 23.2. The van der Waals surface area contributed by atoms with Crippen molar-refractivity contribution in [3.63, 3.8) is 0 Å². The highest BCUT2D eigenvalue weighted by Crippen LogP contribution is 2.18. The Bertz CT molecular complexity index is 453. The summed E-state index contributed by atoms with van der Waals surface area (Å²) in [7, 11) is 5.53. The quantitative estimate of drug-likeness (QED) is 0.108. The van der Waals surface area contributed by atoms with Gasteiger partial charge in [0.05, 0.1) is 7.11 Å². The minimum absolute atomic E-state index is 0.0169. The predicted octanol–water partition coefficient (Wildman–Crippen LogP) is 7.45. The summed E-state index contributed by atoms with van der Waals surface area (Å²) in [5, 5.41) is 0. The molecule has 0 N–H and O–H groups in total. The van der Waals surface area contributed by atoms with E-state index in [9.17, 15) is 9.59 Å². The number of carbonyl (C=O) groups is 2. The molecular formula is C28H55NO4. The number of rotatable bonds is 24. The van der Waals surface area contributed by atoms with Crippen molar-refractivity contribution in [3.05, 3.63) is 0 Å². The standard InChI is InChI=1S/C28H55NO4/c1-5-6-7-8-11-14-17-21-26(33-28(31)24-20-25-29(2)3)22-18-15-12-9-10-13-16-19-23-27(30)32-4/h26H,5-25H2,1-4H3. The summed E-state index contributed by atoms with van der Waals surface area (Å²) < 4.78 is 10.6. The van der Waals surface area contributed by atoms with E-state index < -0.39 is 0 Å². The summed E-state index contributed by atoms with van der Waals surface area (Å²) in [6.45, 7) is 3.19. The van der Waals surface area contributed by atoms with Gasteiger partial charge >= 0.3 is 11.9 Å². The number of unbranched alkanes of at least 4 members (excludes halogenated alkanes) is 13. The zero-order valence-electron chi connectivity index (χ0n) is 22.5. The van der Waals surface area contributed by atoms with E-state index >= 15 is 0 Å². The average Bonchev–Trinajstić information content (AvgIpc) is 2.78. The summed E-state index contributed by atoms with van der Waals surface area (Å²) in [4.78, 5) is 25.5. The molecule has 1 atom stereocenters. The van der Waals surface area contributed by atoms with Crippen LogP contribution in [0.4, 0.5) is 0 Å². The Balaban J connectivity index is 3.98. The van der Waals surface area contributed by atoms with Crippen molar-refractivity contribution in [1.29, 1.82) is 0 Å². The van der Waals surface area contributed by atoms with Crippen LogP contribution in [0.3, 0.4) is 0 Å². The van der Waals surface area contributed by atoms with Crippen LogP contribution in [0.5, 0.6) is 0 Å². The molecule has 0 saturated heterocycles. The molecule has 0 aromatic carbocycles. The average molecular weight is 470 g/mol. The third kappa shape index (κ3) is 23.8. The van der Waals surface area contributed by atoms with Crippen molar-refractivity contribution >= 4 is 11.9 Å². The third-order valence-corrected chi connectivity index (χ3v) is 6.30. The number of hydrogen-bond acceptors (Lipinski definition) is 5. The molecule has 5 nitrogen and oxygen atoms in total. The van der Waals surface area contributed by atoms with Crippen LogP contribution in [-0.2, 0) is 19.1 Å². The summed E-state index contributed by atoms with van der Waals surface area (Å²) in [5.74, 6) is -0.115. The van der Waals surface area contributed by atoms with Gasteiger partial charge in [0.1, 0.15) is 6.10 Å². The van der Waals surface area contributed by atoms with Crippen molar-refractivity contribution in [1.82, 2.24) is 4.90 Å². The fourth-order valence-electron chi connectivity index (χ4n) is 4.18. The van der Waals surface area contributed by atoms with E-state index in [-0.39, 0.29) is 18.0 Å². The van der Waals surface area contributed by atoms with Crippen molar-refractivity contribution in [2.24, 2.45) is 0 Å². The maximum absolute atomic E-state index is 12.3. The Morgan fingerprint density at radius 2 is 1.09 bits per heavy atom. The molecule has 0 amide bonds. The van der Waals surface area contributed by atoms with Crippen LogP contribution in [0.15, 0.2) is 0 Å². The smallest absolute Gasteiger partial charge is 0.306 e. The lowest BCUT2D eigenvalue weighted by Crippen LogP contribution is -2.20. The molecule has 0 aliphatic heterocycles. The highest BCUT2D eigenvalue weighted by atomic mass is 16.5. The highest BCUT2D eigenvalue weighted by molar-refractivity contribution is 5.69. The van der Waals surface area contributed by atoms with Crippen LogP contribution < -0.4 is 0 Å². The number of carbonyl (C=O) groups excluding carboxylic acids is 2. The molecule has 0 aliphatic rings. The van der Waals surface area contributed by atoms with Gasteiger partial charge in [-0.05, 0) is 59.2 Å². The molecule has 33 heavy (non-hydrogen) atoms. The van der Waals surface area contributed by atoms with Gasteiger partial charge in [-0.2, -0.15) is 0 Å². The molecule has 0 aromatic heterocycles. The van der Waals surface area contributed by atoms with Crippen molar-refractivity contribution in [2.75, 3.05) is 27.7 Å². The van der Waals surface area contributed by atoms with Gasteiger partial charge < -0.3 is 14.4 Å². The van der Waals surface area contributed by atoms with Gasteiger partial charge in [0, 0.05) is 12.8 Å². The molecule has 0 aliphatic carbocycles. The van der Waals surface area contributed by atoms with Gasteiger partial charge in [-0.25, -0.2) is 0 Å². The molecule has 0 saturated carbocycles. The first kappa shape index (κ1) is 31.9. The molecule has 0 aromatic rings. The molecule has 0 spiro atoms. The zero-order valence-corrected chi connectivity index (χ0v) is 22.5. The topological polar surface area (TPSA) is 55.8 Å². The van der Waals surface area contributed by atoms with Gasteiger partial charge in [-0.15, -0.1) is 0 Å². The molecule has 5 heteroatoms. The van der Waals surface area contributed by atoms with Crippen LogP contribution in [0.2, 0.25) is 0 Å². The van der Waals surface area contributed by atoms with Crippen molar-refractivity contribution in [2.45, 2.75) is 141 Å². The summed E-state index contributed by atoms with van der Waals surface area (Å²) >= 11 is 0. The first-order valence-corrected chi connectivity index (χ1v) is 13.9. The fourth-order valence-corrected chi connectivity index (χ4v) is 4.18. The fraction of sp³-hybridized carbons (Fsp3) is 0.929. The first-order chi connectivity index (χ1) is 16.0. The normalized spacial score (nSPS) is 12.2. The van der Waals surface area contributed by atoms with Gasteiger partial charge in [0.25, 0.3) is 0 Å². The van der Waals surface area contributed by atoms with Crippen LogP contribution in [0.25, 0.3) is 0 Å². The molecule has 0 rings (SSSR count). The van der Waals surface area contributed by atoms with Crippen LogP contribution in [0, 0.1) is 0 Å². The van der Waals surface area contributed by atoms with E-state index in [1.54, 1.807) is 0 Å². The maximum Gasteiger partial charge on any atom is 0.306 e. The summed E-state index contributed by atoms with van der Waals surface area (Å²) in [5.41, 5.74) is 0. The highest BCUT2D eigenvalue weighted by Gasteiger charge is 2.14. The van der Waals surface area contributed by atoms with Gasteiger partial charge in [0.15, 0.2) is 0 Å². The Morgan fingerprint density at radius 3 is 1.58 bits per heavy atom. The molecule has 1 unspecified atom stereocenters. The van der Waals surface area contributed by atoms with Crippen molar-refractivity contribution in [3.8, 4) is 0 Å². The number of hydrogen-bond donors (Lipinski definition) is 0. The lowest BCUT2D eigenvalue weighted by atomic mass is 10.0. The predicted molar refractivity (Wildman–Crippen MR) is 138 cm³/mol. The zero-order chi connectivity index (χ0) is 24.6. The number of nitrogens with zero attached hydrogens (tertiary/aromatic N) is 1. The van der Waals surface area contributed by atoms with Crippen LogP contribution in [0.1, 0.15) is 135 Å². The summed E-state index contributed by atoms with van der Waals surface area (Å²) in [6, 6.07) is 0. The second-order valence-electron chi connectivity index (χ2n) is 9.87. The first-order valence-electron chi connectivity index (χ1n) is 13.9. The molecule has 196 valence electrons. The Hall–Kier alpha value is -1.10. The minimum Gasteiger partial charge on any atom is -0.469 e. The third-order valence-electron chi connectivity index (χ3n) is 6.30. The lowest BCUT2D eigenvalue weighted by molar-refractivity contribution is -0.150. The molecule has 0 fully saturated rings. The Morgan fingerprint density at radius 1 is 0.636 bits per heavy atom. The van der Waals surface area contributed by atoms with E-state index in [0.29, 0.717) is 12.8 Å². The number of methoxy groups -OCH3 is 1. The van der Waals surface area contributed by atoms with Crippen molar-refractivity contribution < 1.29 is 19.1 Å². The van der Waals surface area contributed by atoms with E-state index in [0.717, 1.165) is 45.1 Å². The molecule has 0 radical (unpaired) electrons. The SMILES string of the molecule is CCCCCCCCCC(CCCCCCCCCCC(=O)OC)OC(=O)CCCN(C)C. The molecule has 0 bridgehead atoms. The number of ether oxygens (including phenoxy) is 2. The Labute approximate surface area is 205 Å². The van der Waals surface area contributed by atoms with E-state index in [1.165, 1.54) is 84.2 Å². The summed E-state index contributed by atoms with van der Waals surface area (Å²) in [6.07, 6.45) is 22.5. The van der Waals surface area contributed by atoms with Crippen LogP contribution >= 0.6 is 0 Å². The van der Waals surface area contributed by atoms with Gasteiger partial charge in [-0.1, -0.05) is 84.0 Å². The molecular weight excluding hydrogens is 414 g/mol. The largest absolute Gasteiger partial charge is 0.469 e. The van der Waals surface area contributed by atoms with Crippen LogP contribution in [-0.4, -0.2) is 50.7 Å². The van der Waals surface area contributed by atoms with E-state index in [2.05, 4.69) is 16.6 Å². The second kappa shape index (κ2) is 24.0. The van der Waals surface area contributed by atoms with Gasteiger partial charge in [-0.3, -0.25) is 9.59 Å². The van der Waals surface area contributed by atoms with Gasteiger partial charge in [0.2, 0.25) is 0 Å². The van der Waals surface area contributed by atoms with E-state index in [1.807, 2.05) is 14.1 Å².